The predicted octanol–water partition coefficient (Wildman–Crippen LogP) is 4.84. The van der Waals surface area contributed by atoms with Crippen molar-refractivity contribution in [2.24, 2.45) is 44.3 Å². The molecule has 33 heavy (non-hydrogen) atoms. The van der Waals surface area contributed by atoms with E-state index in [9.17, 15) is 20.4 Å². The van der Waals surface area contributed by atoms with Gasteiger partial charge >= 0.3 is 0 Å². The molecule has 4 fully saturated rings. The Hall–Kier alpha value is -0.420. The molecule has 4 N–H and O–H groups in total. The normalized spacial score (nSPS) is 57.8. The molecule has 0 radical (unpaired) electrons. The highest BCUT2D eigenvalue weighted by Crippen LogP contribution is 2.74. The quantitative estimate of drug-likeness (QED) is 0.422. The van der Waals surface area contributed by atoms with Crippen molar-refractivity contribution in [3.8, 4) is 0 Å². The lowest BCUT2D eigenvalue weighted by molar-refractivity contribution is -0.243. The van der Waals surface area contributed by atoms with Gasteiger partial charge in [0.15, 0.2) is 0 Å². The van der Waals surface area contributed by atoms with Crippen LogP contribution in [0.2, 0.25) is 0 Å². The van der Waals surface area contributed by atoms with E-state index < -0.39 is 17.6 Å². The molecular formula is C29H48O4. The molecule has 4 nitrogen and oxygen atoms in total. The second-order valence-corrected chi connectivity index (χ2v) is 14.8. The average molecular weight is 461 g/mol. The molecule has 0 bridgehead atoms. The maximum atomic E-state index is 11.9. The largest absolute Gasteiger partial charge is 0.396 e. The van der Waals surface area contributed by atoms with E-state index in [0.717, 1.165) is 44.9 Å². The first kappa shape index (κ1) is 24.3. The Kier molecular flexibility index (Phi) is 5.21. The van der Waals surface area contributed by atoms with Gasteiger partial charge in [-0.2, -0.15) is 0 Å². The van der Waals surface area contributed by atoms with Crippen molar-refractivity contribution < 1.29 is 20.4 Å². The summed E-state index contributed by atoms with van der Waals surface area (Å²) in [6.07, 6.45) is 9.58. The number of rotatable bonds is 1. The van der Waals surface area contributed by atoms with Crippen LogP contribution in [0.15, 0.2) is 11.6 Å². The van der Waals surface area contributed by atoms with Gasteiger partial charge in [0, 0.05) is 10.8 Å². The molecular weight excluding hydrogens is 412 g/mol. The molecule has 188 valence electrons. The highest BCUT2D eigenvalue weighted by atomic mass is 16.3. The average Bonchev–Trinajstić information content (AvgIpc) is 3.06. The van der Waals surface area contributed by atoms with Gasteiger partial charge in [-0.15, -0.1) is 0 Å². The predicted molar refractivity (Wildman–Crippen MR) is 130 cm³/mol. The third-order valence-corrected chi connectivity index (χ3v) is 12.7. The van der Waals surface area contributed by atoms with Crippen molar-refractivity contribution in [2.75, 3.05) is 6.61 Å². The molecule has 5 aliphatic carbocycles. The Morgan fingerprint density at radius 3 is 2.15 bits per heavy atom. The van der Waals surface area contributed by atoms with Crippen molar-refractivity contribution in [1.82, 2.24) is 0 Å². The zero-order valence-corrected chi connectivity index (χ0v) is 21.8. The van der Waals surface area contributed by atoms with Crippen molar-refractivity contribution in [2.45, 2.75) is 118 Å². The molecule has 0 aromatic heterocycles. The molecule has 4 saturated carbocycles. The summed E-state index contributed by atoms with van der Waals surface area (Å²) in [5, 5.41) is 44.1. The lowest BCUT2D eigenvalue weighted by atomic mass is 9.34. The van der Waals surface area contributed by atoms with E-state index in [1.807, 2.05) is 6.92 Å². The molecule has 0 saturated heterocycles. The van der Waals surface area contributed by atoms with Crippen LogP contribution in [0.1, 0.15) is 99.3 Å². The SMILES string of the molecule is CC1(C)CC[C@]2(CC[C@]3(C)C(=CC[C@@H]4[C@@]5(C)C[C@@H](O)[C@H](O)[C@@](C)(CO)[C@@H]5CC[C@]43C)[C@H]2O)C1. The topological polar surface area (TPSA) is 80.9 Å². The maximum Gasteiger partial charge on any atom is 0.0877 e. The van der Waals surface area contributed by atoms with Gasteiger partial charge in [-0.05, 0) is 96.9 Å². The van der Waals surface area contributed by atoms with Crippen LogP contribution in [0.5, 0.6) is 0 Å². The van der Waals surface area contributed by atoms with Gasteiger partial charge in [0.1, 0.15) is 0 Å². The summed E-state index contributed by atoms with van der Waals surface area (Å²) in [6, 6.07) is 0. The Bertz CT molecular complexity index is 851. The number of allylic oxidation sites excluding steroid dienone is 1. The van der Waals surface area contributed by atoms with Gasteiger partial charge in [-0.25, -0.2) is 0 Å². The summed E-state index contributed by atoms with van der Waals surface area (Å²) in [5.74, 6) is 0.548. The fraction of sp³-hybridized carbons (Fsp3) is 0.931. The number of aliphatic hydroxyl groups excluding tert-OH is 4. The van der Waals surface area contributed by atoms with Gasteiger partial charge in [0.25, 0.3) is 0 Å². The van der Waals surface area contributed by atoms with Gasteiger partial charge in [0.2, 0.25) is 0 Å². The van der Waals surface area contributed by atoms with Crippen LogP contribution >= 0.6 is 0 Å². The molecule has 0 aliphatic heterocycles. The van der Waals surface area contributed by atoms with Crippen LogP contribution in [0.25, 0.3) is 0 Å². The molecule has 5 aliphatic rings. The first-order valence-electron chi connectivity index (χ1n) is 13.5. The minimum absolute atomic E-state index is 0.0391. The van der Waals surface area contributed by atoms with Crippen molar-refractivity contribution in [3.63, 3.8) is 0 Å². The highest BCUT2D eigenvalue weighted by molar-refractivity contribution is 5.34. The van der Waals surface area contributed by atoms with E-state index in [1.165, 1.54) is 12.0 Å². The van der Waals surface area contributed by atoms with Crippen LogP contribution in [-0.2, 0) is 0 Å². The van der Waals surface area contributed by atoms with Gasteiger partial charge in [0.05, 0.1) is 24.9 Å². The van der Waals surface area contributed by atoms with E-state index in [0.29, 0.717) is 17.8 Å². The first-order chi connectivity index (χ1) is 15.2. The smallest absolute Gasteiger partial charge is 0.0877 e. The second kappa shape index (κ2) is 7.08. The van der Waals surface area contributed by atoms with Gasteiger partial charge in [-0.1, -0.05) is 47.6 Å². The summed E-state index contributed by atoms with van der Waals surface area (Å²) < 4.78 is 0. The number of fused-ring (bicyclic) bond motifs is 5. The van der Waals surface area contributed by atoms with E-state index in [-0.39, 0.29) is 40.3 Å². The summed E-state index contributed by atoms with van der Waals surface area (Å²) in [6.45, 7) is 13.8. The molecule has 5 rings (SSSR count). The van der Waals surface area contributed by atoms with E-state index in [4.69, 9.17) is 0 Å². The lowest BCUT2D eigenvalue weighted by Crippen LogP contribution is -2.68. The van der Waals surface area contributed by atoms with Crippen LogP contribution in [0.4, 0.5) is 0 Å². The zero-order valence-electron chi connectivity index (χ0n) is 21.8. The monoisotopic (exact) mass is 460 g/mol. The van der Waals surface area contributed by atoms with Crippen LogP contribution in [0.3, 0.4) is 0 Å². The standard InChI is InChI=1S/C29H48O4/c1-24(2)11-13-29(16-24)14-12-27(5)18(22(29)32)7-8-21-25(3)15-19(31)23(33)26(4,17-30)20(25)9-10-28(21,27)6/h7,19-23,30-33H,8-17H2,1-6H3/t19-,20-,21-,22-,23+,25+,26+,27-,28-,29+/m1/s1. The highest BCUT2D eigenvalue weighted by Gasteiger charge is 2.69. The van der Waals surface area contributed by atoms with Crippen LogP contribution in [0, 0.1) is 44.3 Å². The van der Waals surface area contributed by atoms with Crippen LogP contribution in [-0.4, -0.2) is 45.3 Å². The maximum absolute atomic E-state index is 11.9. The summed E-state index contributed by atoms with van der Waals surface area (Å²) in [5.41, 5.74) is 0.826. The summed E-state index contributed by atoms with van der Waals surface area (Å²) in [4.78, 5) is 0. The van der Waals surface area contributed by atoms with Gasteiger partial charge in [-0.3, -0.25) is 0 Å². The van der Waals surface area contributed by atoms with Crippen molar-refractivity contribution >= 4 is 0 Å². The first-order valence-corrected chi connectivity index (χ1v) is 13.5. The molecule has 0 aromatic rings. The zero-order chi connectivity index (χ0) is 24.2. The van der Waals surface area contributed by atoms with Crippen LogP contribution < -0.4 is 0 Å². The number of aliphatic hydroxyl groups is 4. The molecule has 0 unspecified atom stereocenters. The fourth-order valence-electron chi connectivity index (χ4n) is 10.7. The minimum atomic E-state index is -0.878. The number of hydrogen-bond acceptors (Lipinski definition) is 4. The molecule has 4 heteroatoms. The molecule has 10 atom stereocenters. The molecule has 0 aromatic carbocycles. The minimum Gasteiger partial charge on any atom is -0.396 e. The fourth-order valence-corrected chi connectivity index (χ4v) is 10.7. The van der Waals surface area contributed by atoms with E-state index >= 15 is 0 Å². The Morgan fingerprint density at radius 2 is 1.55 bits per heavy atom. The second-order valence-electron chi connectivity index (χ2n) is 14.8. The summed E-state index contributed by atoms with van der Waals surface area (Å²) >= 11 is 0. The van der Waals surface area contributed by atoms with Gasteiger partial charge < -0.3 is 20.4 Å². The third kappa shape index (κ3) is 2.90. The Balaban J connectivity index is 1.55. The molecule has 1 spiro atoms. The summed E-state index contributed by atoms with van der Waals surface area (Å²) in [7, 11) is 0. The Morgan fingerprint density at radius 1 is 0.879 bits per heavy atom. The molecule has 0 amide bonds. The van der Waals surface area contributed by atoms with E-state index in [2.05, 4.69) is 40.7 Å². The third-order valence-electron chi connectivity index (χ3n) is 12.7. The Labute approximate surface area is 200 Å². The van der Waals surface area contributed by atoms with Crippen molar-refractivity contribution in [3.05, 3.63) is 11.6 Å². The lowest BCUT2D eigenvalue weighted by Gasteiger charge is -2.70. The van der Waals surface area contributed by atoms with E-state index in [1.54, 1.807) is 0 Å². The van der Waals surface area contributed by atoms with Crippen molar-refractivity contribution in [1.29, 1.82) is 0 Å². The number of hydrogen-bond donors (Lipinski definition) is 4. The molecule has 0 heterocycles.